The fourth-order valence-electron chi connectivity index (χ4n) is 1.23. The van der Waals surface area contributed by atoms with Crippen molar-refractivity contribution in [1.29, 1.82) is 0 Å². The predicted octanol–water partition coefficient (Wildman–Crippen LogP) is 2.64. The molecule has 0 spiro atoms. The van der Waals surface area contributed by atoms with Crippen molar-refractivity contribution in [3.63, 3.8) is 0 Å². The molecule has 1 aliphatic rings. The fraction of sp³-hybridized carbons (Fsp3) is 0.750. The molecule has 1 atom stereocenters. The molecular weight excluding hydrogens is 176 g/mol. The van der Waals surface area contributed by atoms with Gasteiger partial charge in [0.2, 0.25) is 5.89 Å². The second-order valence-corrected chi connectivity index (χ2v) is 3.89. The number of rotatable bonds is 2. The van der Waals surface area contributed by atoms with Crippen LogP contribution in [0.5, 0.6) is 0 Å². The van der Waals surface area contributed by atoms with Gasteiger partial charge in [0.15, 0.2) is 5.82 Å². The number of aromatic nitrogens is 2. The summed E-state index contributed by atoms with van der Waals surface area (Å²) < 4.78 is 5.08. The molecule has 0 aliphatic heterocycles. The van der Waals surface area contributed by atoms with Gasteiger partial charge in [-0.2, -0.15) is 4.98 Å². The van der Waals surface area contributed by atoms with E-state index in [2.05, 4.69) is 10.1 Å². The maximum Gasteiger partial charge on any atom is 0.229 e. The molecule has 12 heavy (non-hydrogen) atoms. The Morgan fingerprint density at radius 1 is 1.58 bits per heavy atom. The molecule has 1 unspecified atom stereocenters. The largest absolute Gasteiger partial charge is 0.339 e. The van der Waals surface area contributed by atoms with Crippen LogP contribution in [0.15, 0.2) is 4.52 Å². The van der Waals surface area contributed by atoms with Gasteiger partial charge in [-0.3, -0.25) is 0 Å². The van der Waals surface area contributed by atoms with Crippen molar-refractivity contribution in [1.82, 2.24) is 10.1 Å². The number of halogens is 1. The Labute approximate surface area is 76.1 Å². The van der Waals surface area contributed by atoms with Gasteiger partial charge in [0.1, 0.15) is 0 Å². The van der Waals surface area contributed by atoms with Crippen molar-refractivity contribution in [2.45, 2.75) is 37.5 Å². The minimum Gasteiger partial charge on any atom is -0.339 e. The normalized spacial score (nSPS) is 20.5. The molecular formula is C8H11ClN2O. The topological polar surface area (TPSA) is 38.9 Å². The maximum absolute atomic E-state index is 5.80. The Morgan fingerprint density at radius 3 is 2.75 bits per heavy atom. The molecule has 1 fully saturated rings. The summed E-state index contributed by atoms with van der Waals surface area (Å²) in [5.74, 6) is 1.88. The summed E-state index contributed by atoms with van der Waals surface area (Å²) in [7, 11) is 0. The minimum absolute atomic E-state index is 0.150. The van der Waals surface area contributed by atoms with Gasteiger partial charge in [-0.05, 0) is 19.8 Å². The summed E-state index contributed by atoms with van der Waals surface area (Å²) in [6.07, 6.45) is 3.63. The van der Waals surface area contributed by atoms with Crippen LogP contribution in [0.1, 0.15) is 49.2 Å². The highest BCUT2D eigenvalue weighted by atomic mass is 35.5. The van der Waals surface area contributed by atoms with Gasteiger partial charge >= 0.3 is 0 Å². The standard InChI is InChI=1S/C8H11ClN2O/c1-5(9)7-10-8(12-11-7)6-3-2-4-6/h5-6H,2-4H2,1H3. The fourth-order valence-corrected chi connectivity index (χ4v) is 1.32. The maximum atomic E-state index is 5.80. The molecule has 66 valence electrons. The third-order valence-electron chi connectivity index (χ3n) is 2.27. The van der Waals surface area contributed by atoms with E-state index < -0.39 is 0 Å². The van der Waals surface area contributed by atoms with E-state index in [1.54, 1.807) is 0 Å². The summed E-state index contributed by atoms with van der Waals surface area (Å²) in [5, 5.41) is 3.65. The third-order valence-corrected chi connectivity index (χ3v) is 2.46. The van der Waals surface area contributed by atoms with Gasteiger partial charge in [0.25, 0.3) is 0 Å². The Bertz CT molecular complexity index is 268. The van der Waals surface area contributed by atoms with Crippen LogP contribution in [0.25, 0.3) is 0 Å². The van der Waals surface area contributed by atoms with Gasteiger partial charge < -0.3 is 4.52 Å². The molecule has 3 nitrogen and oxygen atoms in total. The van der Waals surface area contributed by atoms with Crippen LogP contribution in [0.2, 0.25) is 0 Å². The first kappa shape index (κ1) is 8.05. The van der Waals surface area contributed by atoms with Crippen LogP contribution < -0.4 is 0 Å². The predicted molar refractivity (Wildman–Crippen MR) is 45.2 cm³/mol. The number of alkyl halides is 1. The molecule has 0 N–H and O–H groups in total. The molecule has 1 aliphatic carbocycles. The smallest absolute Gasteiger partial charge is 0.229 e. The highest BCUT2D eigenvalue weighted by Crippen LogP contribution is 2.35. The van der Waals surface area contributed by atoms with E-state index in [4.69, 9.17) is 16.1 Å². The number of hydrogen-bond acceptors (Lipinski definition) is 3. The molecule has 1 saturated carbocycles. The summed E-state index contributed by atoms with van der Waals surface area (Å²) in [5.41, 5.74) is 0. The Hall–Kier alpha value is -0.570. The van der Waals surface area contributed by atoms with Crippen LogP contribution in [0, 0.1) is 0 Å². The Kier molecular flexibility index (Phi) is 2.05. The molecule has 4 heteroatoms. The lowest BCUT2D eigenvalue weighted by Gasteiger charge is -2.20. The second-order valence-electron chi connectivity index (χ2n) is 3.23. The summed E-state index contributed by atoms with van der Waals surface area (Å²) in [4.78, 5) is 4.22. The monoisotopic (exact) mass is 186 g/mol. The molecule has 0 radical (unpaired) electrons. The lowest BCUT2D eigenvalue weighted by molar-refractivity contribution is 0.291. The van der Waals surface area contributed by atoms with E-state index in [9.17, 15) is 0 Å². The zero-order valence-electron chi connectivity index (χ0n) is 6.96. The minimum atomic E-state index is -0.150. The molecule has 2 rings (SSSR count). The van der Waals surface area contributed by atoms with Crippen LogP contribution in [0.3, 0.4) is 0 Å². The quantitative estimate of drug-likeness (QED) is 0.667. The van der Waals surface area contributed by atoms with Gasteiger partial charge in [0.05, 0.1) is 5.38 Å². The zero-order valence-corrected chi connectivity index (χ0v) is 7.71. The van der Waals surface area contributed by atoms with Crippen molar-refractivity contribution >= 4 is 11.6 Å². The van der Waals surface area contributed by atoms with E-state index in [1.165, 1.54) is 19.3 Å². The molecule has 0 saturated heterocycles. The van der Waals surface area contributed by atoms with Crippen LogP contribution in [-0.4, -0.2) is 10.1 Å². The summed E-state index contributed by atoms with van der Waals surface area (Å²) >= 11 is 5.80. The van der Waals surface area contributed by atoms with Gasteiger partial charge in [0, 0.05) is 5.92 Å². The van der Waals surface area contributed by atoms with Gasteiger partial charge in [-0.15, -0.1) is 11.6 Å². The lowest BCUT2D eigenvalue weighted by atomic mass is 9.85. The number of hydrogen-bond donors (Lipinski definition) is 0. The van der Waals surface area contributed by atoms with E-state index >= 15 is 0 Å². The summed E-state index contributed by atoms with van der Waals surface area (Å²) in [6.45, 7) is 1.84. The van der Waals surface area contributed by atoms with Gasteiger partial charge in [-0.1, -0.05) is 11.6 Å². The Balaban J connectivity index is 2.12. The average molecular weight is 187 g/mol. The SMILES string of the molecule is CC(Cl)c1noc(C2CCC2)n1. The van der Waals surface area contributed by atoms with Gasteiger partial charge in [-0.25, -0.2) is 0 Å². The highest BCUT2D eigenvalue weighted by Gasteiger charge is 2.25. The molecule has 0 amide bonds. The van der Waals surface area contributed by atoms with E-state index in [-0.39, 0.29) is 5.38 Å². The molecule has 1 heterocycles. The number of nitrogens with zero attached hydrogens (tertiary/aromatic N) is 2. The first-order valence-electron chi connectivity index (χ1n) is 4.25. The van der Waals surface area contributed by atoms with E-state index in [1.807, 2.05) is 6.92 Å². The van der Waals surface area contributed by atoms with Crippen LogP contribution in [-0.2, 0) is 0 Å². The van der Waals surface area contributed by atoms with Crippen molar-refractivity contribution < 1.29 is 4.52 Å². The highest BCUT2D eigenvalue weighted by molar-refractivity contribution is 6.20. The third kappa shape index (κ3) is 1.33. The molecule has 0 bridgehead atoms. The van der Waals surface area contributed by atoms with Crippen molar-refractivity contribution in [3.05, 3.63) is 11.7 Å². The first-order valence-corrected chi connectivity index (χ1v) is 4.68. The summed E-state index contributed by atoms with van der Waals surface area (Å²) in [6, 6.07) is 0. The van der Waals surface area contributed by atoms with Crippen LogP contribution >= 0.6 is 11.6 Å². The van der Waals surface area contributed by atoms with Crippen molar-refractivity contribution in [2.24, 2.45) is 0 Å². The van der Waals surface area contributed by atoms with Crippen molar-refractivity contribution in [2.75, 3.05) is 0 Å². The van der Waals surface area contributed by atoms with Crippen LogP contribution in [0.4, 0.5) is 0 Å². The Morgan fingerprint density at radius 2 is 2.33 bits per heavy atom. The molecule has 1 aromatic rings. The average Bonchev–Trinajstić information content (AvgIpc) is 2.32. The first-order chi connectivity index (χ1) is 5.77. The molecule has 1 aromatic heterocycles. The van der Waals surface area contributed by atoms with Crippen molar-refractivity contribution in [3.8, 4) is 0 Å². The van der Waals surface area contributed by atoms with E-state index in [0.29, 0.717) is 11.7 Å². The lowest BCUT2D eigenvalue weighted by Crippen LogP contribution is -2.08. The molecule has 0 aromatic carbocycles. The van der Waals surface area contributed by atoms with E-state index in [0.717, 1.165) is 5.89 Å². The second kappa shape index (κ2) is 3.05. The zero-order chi connectivity index (χ0) is 8.55.